The van der Waals surface area contributed by atoms with E-state index >= 15 is 0 Å². The van der Waals surface area contributed by atoms with Crippen LogP contribution < -0.4 is 0 Å². The minimum absolute atomic E-state index is 0.485. The molecular weight excluding hydrogens is 238 g/mol. The highest BCUT2D eigenvalue weighted by atomic mass is 32.1. The molecule has 0 bridgehead atoms. The first-order valence-electron chi connectivity index (χ1n) is 7.84. The summed E-state index contributed by atoms with van der Waals surface area (Å²) < 4.78 is 0. The van der Waals surface area contributed by atoms with Crippen molar-refractivity contribution in [3.05, 3.63) is 0 Å². The highest BCUT2D eigenvalue weighted by molar-refractivity contribution is 7.80. The number of hydrogen-bond acceptors (Lipinski definition) is 2. The molecule has 0 saturated heterocycles. The lowest BCUT2D eigenvalue weighted by atomic mass is 9.81. The maximum Gasteiger partial charge on any atom is 0.00486 e. The molecule has 1 aliphatic rings. The van der Waals surface area contributed by atoms with Crippen LogP contribution in [0.3, 0.4) is 0 Å². The second kappa shape index (κ2) is 7.79. The summed E-state index contributed by atoms with van der Waals surface area (Å²) in [6.45, 7) is 11.8. The van der Waals surface area contributed by atoms with Crippen molar-refractivity contribution in [1.82, 2.24) is 4.90 Å². The van der Waals surface area contributed by atoms with Crippen LogP contribution >= 0.6 is 12.6 Å². The molecule has 1 aliphatic carbocycles. The van der Waals surface area contributed by atoms with Crippen molar-refractivity contribution in [1.29, 1.82) is 0 Å². The summed E-state index contributed by atoms with van der Waals surface area (Å²) in [5.41, 5.74) is 0.485. The van der Waals surface area contributed by atoms with Crippen molar-refractivity contribution >= 4 is 12.6 Å². The zero-order valence-corrected chi connectivity index (χ0v) is 13.8. The number of hydrogen-bond donors (Lipinski definition) is 1. The maximum atomic E-state index is 4.70. The van der Waals surface area contributed by atoms with Crippen molar-refractivity contribution in [2.45, 2.75) is 72.3 Å². The van der Waals surface area contributed by atoms with Gasteiger partial charge in [0, 0.05) is 19.1 Å². The van der Waals surface area contributed by atoms with E-state index in [1.54, 1.807) is 0 Å². The molecule has 2 heteroatoms. The van der Waals surface area contributed by atoms with Gasteiger partial charge in [-0.25, -0.2) is 0 Å². The van der Waals surface area contributed by atoms with Gasteiger partial charge in [-0.15, -0.1) is 0 Å². The first-order valence-corrected chi connectivity index (χ1v) is 8.47. The van der Waals surface area contributed by atoms with E-state index in [9.17, 15) is 0 Å². The van der Waals surface area contributed by atoms with Gasteiger partial charge < -0.3 is 4.90 Å². The van der Waals surface area contributed by atoms with Crippen LogP contribution in [0.25, 0.3) is 0 Å². The molecule has 0 N–H and O–H groups in total. The molecule has 1 saturated carbocycles. The zero-order chi connectivity index (χ0) is 13.6. The average molecular weight is 272 g/mol. The Morgan fingerprint density at radius 3 is 1.94 bits per heavy atom. The molecule has 1 fully saturated rings. The Hall–Kier alpha value is 0.310. The summed E-state index contributed by atoms with van der Waals surface area (Å²) >= 11 is 4.70. The second-order valence-corrected chi connectivity index (χ2v) is 7.31. The summed E-state index contributed by atoms with van der Waals surface area (Å²) in [5, 5.41) is 0. The Kier molecular flexibility index (Phi) is 7.08. The quantitative estimate of drug-likeness (QED) is 0.545. The van der Waals surface area contributed by atoms with Gasteiger partial charge in [-0.2, -0.15) is 12.6 Å². The second-order valence-electron chi connectivity index (χ2n) is 6.99. The minimum atomic E-state index is 0.485. The highest BCUT2D eigenvalue weighted by Crippen LogP contribution is 2.37. The molecule has 0 aromatic heterocycles. The molecule has 0 aliphatic heterocycles. The van der Waals surface area contributed by atoms with Gasteiger partial charge in [0.2, 0.25) is 0 Å². The van der Waals surface area contributed by atoms with Crippen molar-refractivity contribution in [2.24, 2.45) is 11.3 Å². The topological polar surface area (TPSA) is 3.24 Å². The largest absolute Gasteiger partial charge is 0.300 e. The molecule has 108 valence electrons. The Bertz CT molecular complexity index is 217. The lowest BCUT2D eigenvalue weighted by Crippen LogP contribution is -2.44. The molecule has 18 heavy (non-hydrogen) atoms. The van der Waals surface area contributed by atoms with Gasteiger partial charge >= 0.3 is 0 Å². The molecule has 0 heterocycles. The van der Waals surface area contributed by atoms with Crippen LogP contribution in [0.1, 0.15) is 66.2 Å². The standard InChI is InChI=1S/C16H33NS/c1-14(2)11-17(15(3)4)12-16(13-18)9-7-5-6-8-10-16/h14-15,18H,5-13H2,1-4H3. The summed E-state index contributed by atoms with van der Waals surface area (Å²) in [4.78, 5) is 2.69. The van der Waals surface area contributed by atoms with Crippen LogP contribution in [0.4, 0.5) is 0 Å². The van der Waals surface area contributed by atoms with Crippen molar-refractivity contribution < 1.29 is 0 Å². The fourth-order valence-electron chi connectivity index (χ4n) is 3.20. The lowest BCUT2D eigenvalue weighted by Gasteiger charge is -2.39. The number of nitrogens with zero attached hydrogens (tertiary/aromatic N) is 1. The smallest absolute Gasteiger partial charge is 0.00486 e. The van der Waals surface area contributed by atoms with Crippen LogP contribution in [-0.4, -0.2) is 29.8 Å². The third-order valence-electron chi connectivity index (χ3n) is 4.37. The van der Waals surface area contributed by atoms with Gasteiger partial charge in [-0.3, -0.25) is 0 Å². The molecular formula is C16H33NS. The molecule has 0 amide bonds. The van der Waals surface area contributed by atoms with E-state index in [2.05, 4.69) is 32.6 Å². The third kappa shape index (κ3) is 5.13. The third-order valence-corrected chi connectivity index (χ3v) is 5.04. The van der Waals surface area contributed by atoms with E-state index in [0.717, 1.165) is 11.7 Å². The Balaban J connectivity index is 2.67. The molecule has 0 aromatic carbocycles. The first-order chi connectivity index (χ1) is 8.49. The van der Waals surface area contributed by atoms with Gasteiger partial charge in [-0.1, -0.05) is 39.5 Å². The highest BCUT2D eigenvalue weighted by Gasteiger charge is 2.32. The SMILES string of the molecule is CC(C)CN(CC1(CS)CCCCCC1)C(C)C. The lowest BCUT2D eigenvalue weighted by molar-refractivity contribution is 0.111. The van der Waals surface area contributed by atoms with E-state index in [4.69, 9.17) is 12.6 Å². The number of thiol groups is 1. The van der Waals surface area contributed by atoms with Gasteiger partial charge in [0.15, 0.2) is 0 Å². The van der Waals surface area contributed by atoms with Gasteiger partial charge in [0.05, 0.1) is 0 Å². The van der Waals surface area contributed by atoms with Crippen molar-refractivity contribution in [2.75, 3.05) is 18.8 Å². The molecule has 1 nitrogen and oxygen atoms in total. The van der Waals surface area contributed by atoms with Gasteiger partial charge in [0.1, 0.15) is 0 Å². The van der Waals surface area contributed by atoms with E-state index in [-0.39, 0.29) is 0 Å². The summed E-state index contributed by atoms with van der Waals surface area (Å²) in [7, 11) is 0. The zero-order valence-electron chi connectivity index (χ0n) is 12.9. The van der Waals surface area contributed by atoms with Crippen LogP contribution in [-0.2, 0) is 0 Å². The van der Waals surface area contributed by atoms with Crippen LogP contribution in [0, 0.1) is 11.3 Å². The summed E-state index contributed by atoms with van der Waals surface area (Å²) in [6.07, 6.45) is 8.46. The normalized spacial score (nSPS) is 20.7. The summed E-state index contributed by atoms with van der Waals surface area (Å²) in [5.74, 6) is 1.82. The molecule has 1 rings (SSSR count). The molecule has 0 atom stereocenters. The Morgan fingerprint density at radius 2 is 1.56 bits per heavy atom. The first kappa shape index (κ1) is 16.4. The molecule has 0 spiro atoms. The van der Waals surface area contributed by atoms with Crippen LogP contribution in [0.15, 0.2) is 0 Å². The predicted molar refractivity (Wildman–Crippen MR) is 85.5 cm³/mol. The van der Waals surface area contributed by atoms with Gasteiger partial charge in [-0.05, 0) is 43.8 Å². The fraction of sp³-hybridized carbons (Fsp3) is 1.00. The van der Waals surface area contributed by atoms with E-state index in [1.165, 1.54) is 51.6 Å². The maximum absolute atomic E-state index is 4.70. The fourth-order valence-corrected chi connectivity index (χ4v) is 3.62. The van der Waals surface area contributed by atoms with Gasteiger partial charge in [0.25, 0.3) is 0 Å². The minimum Gasteiger partial charge on any atom is -0.300 e. The monoisotopic (exact) mass is 271 g/mol. The predicted octanol–water partition coefficient (Wildman–Crippen LogP) is 4.62. The summed E-state index contributed by atoms with van der Waals surface area (Å²) in [6, 6.07) is 0.660. The Labute approximate surface area is 120 Å². The van der Waals surface area contributed by atoms with E-state index < -0.39 is 0 Å². The number of rotatable bonds is 6. The van der Waals surface area contributed by atoms with E-state index in [1.807, 2.05) is 0 Å². The average Bonchev–Trinajstić information content (AvgIpc) is 2.54. The Morgan fingerprint density at radius 1 is 1.00 bits per heavy atom. The van der Waals surface area contributed by atoms with Crippen molar-refractivity contribution in [3.63, 3.8) is 0 Å². The van der Waals surface area contributed by atoms with E-state index in [0.29, 0.717) is 11.5 Å². The molecule has 0 unspecified atom stereocenters. The van der Waals surface area contributed by atoms with Crippen LogP contribution in [0.2, 0.25) is 0 Å². The molecule has 0 aromatic rings. The van der Waals surface area contributed by atoms with Crippen LogP contribution in [0.5, 0.6) is 0 Å². The molecule has 0 radical (unpaired) electrons. The van der Waals surface area contributed by atoms with Crippen molar-refractivity contribution in [3.8, 4) is 0 Å².